The normalized spacial score (nSPS) is 18.3. The van der Waals surface area contributed by atoms with Gasteiger partial charge in [-0.2, -0.15) is 4.99 Å². The van der Waals surface area contributed by atoms with Crippen LogP contribution in [-0.4, -0.2) is 23.2 Å². The number of hydrogen-bond donors (Lipinski definition) is 0. The van der Waals surface area contributed by atoms with Crippen LogP contribution < -0.4 is 0 Å². The van der Waals surface area contributed by atoms with E-state index in [1.807, 2.05) is 43.2 Å². The first-order valence-electron chi connectivity index (χ1n) is 4.09. The third kappa shape index (κ3) is 1.61. The highest BCUT2D eigenvalue weighted by Crippen LogP contribution is 2.08. The first-order valence-corrected chi connectivity index (χ1v) is 4.09. The Hall–Kier alpha value is -1.38. The Kier molecular flexibility index (Phi) is 2.80. The molecule has 0 aliphatic carbocycles. The van der Waals surface area contributed by atoms with Gasteiger partial charge in [-0.1, -0.05) is 19.9 Å². The molecule has 0 atom stereocenters. The number of allylic oxidation sites excluding steroid dienone is 2. The highest BCUT2D eigenvalue weighted by molar-refractivity contribution is 6.08. The lowest BCUT2D eigenvalue weighted by Crippen LogP contribution is -2.22. The summed E-state index contributed by atoms with van der Waals surface area (Å²) in [6.45, 7) is 4.40. The highest BCUT2D eigenvalue weighted by atomic mass is 16.2. The fraction of sp³-hybridized carbons (Fsp3) is 0.333. The van der Waals surface area contributed by atoms with E-state index in [0.717, 1.165) is 5.84 Å². The van der Waals surface area contributed by atoms with Crippen molar-refractivity contribution in [2.45, 2.75) is 13.8 Å². The second kappa shape index (κ2) is 3.85. The van der Waals surface area contributed by atoms with Crippen molar-refractivity contribution in [1.29, 1.82) is 0 Å². The SMILES string of the molecule is CC.O=C1CN2C=CC=CC2=N1. The summed E-state index contributed by atoms with van der Waals surface area (Å²) in [6, 6.07) is 0. The molecule has 64 valence electrons. The molecule has 1 amide bonds. The van der Waals surface area contributed by atoms with Gasteiger partial charge in [0, 0.05) is 6.20 Å². The predicted molar refractivity (Wildman–Crippen MR) is 48.8 cm³/mol. The standard InChI is InChI=1S/C7H6N2O.C2H6/c10-7-5-9-4-2-1-3-6(9)8-7;1-2/h1-4H,5H2;1-2H3. The summed E-state index contributed by atoms with van der Waals surface area (Å²) >= 11 is 0. The van der Waals surface area contributed by atoms with Crippen LogP contribution in [0.3, 0.4) is 0 Å². The van der Waals surface area contributed by atoms with Gasteiger partial charge < -0.3 is 4.90 Å². The van der Waals surface area contributed by atoms with Gasteiger partial charge in [0.05, 0.1) is 0 Å². The summed E-state index contributed by atoms with van der Waals surface area (Å²) in [5.41, 5.74) is 0. The zero-order chi connectivity index (χ0) is 8.97. The molecule has 0 bridgehead atoms. The molecule has 2 rings (SSSR count). The van der Waals surface area contributed by atoms with Crippen LogP contribution in [0.15, 0.2) is 29.4 Å². The number of amidine groups is 1. The van der Waals surface area contributed by atoms with E-state index in [9.17, 15) is 4.79 Å². The van der Waals surface area contributed by atoms with E-state index in [0.29, 0.717) is 6.54 Å². The summed E-state index contributed by atoms with van der Waals surface area (Å²) in [5.74, 6) is 0.693. The highest BCUT2D eigenvalue weighted by Gasteiger charge is 2.19. The number of nitrogens with zero attached hydrogens (tertiary/aromatic N) is 2. The Morgan fingerprint density at radius 3 is 2.83 bits per heavy atom. The molecule has 2 aliphatic heterocycles. The summed E-state index contributed by atoms with van der Waals surface area (Å²) in [4.78, 5) is 16.3. The van der Waals surface area contributed by atoms with Crippen LogP contribution >= 0.6 is 0 Å². The molecule has 12 heavy (non-hydrogen) atoms. The van der Waals surface area contributed by atoms with E-state index < -0.39 is 0 Å². The van der Waals surface area contributed by atoms with Crippen molar-refractivity contribution >= 4 is 11.7 Å². The van der Waals surface area contributed by atoms with Crippen LogP contribution in [0.2, 0.25) is 0 Å². The third-order valence-corrected chi connectivity index (χ3v) is 1.46. The van der Waals surface area contributed by atoms with Gasteiger partial charge in [-0.05, 0) is 12.2 Å². The molecule has 2 heterocycles. The molecule has 0 saturated carbocycles. The van der Waals surface area contributed by atoms with E-state index in [1.54, 1.807) is 0 Å². The molecule has 0 aromatic rings. The number of rotatable bonds is 0. The number of amides is 1. The van der Waals surface area contributed by atoms with Crippen LogP contribution in [0.25, 0.3) is 0 Å². The minimum atomic E-state index is -0.0637. The molecule has 0 saturated heterocycles. The van der Waals surface area contributed by atoms with Gasteiger partial charge in [-0.15, -0.1) is 0 Å². The van der Waals surface area contributed by atoms with Crippen molar-refractivity contribution < 1.29 is 4.79 Å². The molecule has 0 fully saturated rings. The zero-order valence-electron chi connectivity index (χ0n) is 7.32. The van der Waals surface area contributed by atoms with Crippen molar-refractivity contribution in [2.24, 2.45) is 4.99 Å². The Morgan fingerprint density at radius 2 is 2.17 bits per heavy atom. The van der Waals surface area contributed by atoms with E-state index >= 15 is 0 Å². The predicted octanol–water partition coefficient (Wildman–Crippen LogP) is 1.34. The molecule has 0 unspecified atom stereocenters. The van der Waals surface area contributed by atoms with Crippen LogP contribution in [0, 0.1) is 0 Å². The Bertz CT molecular complexity index is 264. The van der Waals surface area contributed by atoms with Gasteiger partial charge in [0.15, 0.2) is 0 Å². The first-order chi connectivity index (χ1) is 5.86. The molecule has 0 spiro atoms. The molecule has 0 N–H and O–H groups in total. The lowest BCUT2D eigenvalue weighted by atomic mass is 10.3. The van der Waals surface area contributed by atoms with E-state index in [1.165, 1.54) is 0 Å². The molecular weight excluding hydrogens is 152 g/mol. The average Bonchev–Trinajstić information content (AvgIpc) is 2.48. The van der Waals surface area contributed by atoms with Crippen molar-refractivity contribution in [2.75, 3.05) is 6.54 Å². The monoisotopic (exact) mass is 164 g/mol. The Labute approximate surface area is 72.1 Å². The molecule has 0 radical (unpaired) electrons. The second-order valence-electron chi connectivity index (χ2n) is 2.19. The first kappa shape index (κ1) is 8.71. The zero-order valence-corrected chi connectivity index (χ0v) is 7.32. The number of carbonyl (C=O) groups excluding carboxylic acids is 1. The minimum absolute atomic E-state index is 0.0637. The fourth-order valence-electron chi connectivity index (χ4n) is 1.01. The number of fused-ring (bicyclic) bond motifs is 1. The lowest BCUT2D eigenvalue weighted by molar-refractivity contribution is -0.116. The van der Waals surface area contributed by atoms with Crippen LogP contribution in [0.1, 0.15) is 13.8 Å². The number of carbonyl (C=O) groups is 1. The smallest absolute Gasteiger partial charge is 0.267 e. The molecule has 3 heteroatoms. The average molecular weight is 164 g/mol. The van der Waals surface area contributed by atoms with Gasteiger partial charge >= 0.3 is 0 Å². The summed E-state index contributed by atoms with van der Waals surface area (Å²) in [5, 5.41) is 0. The van der Waals surface area contributed by atoms with Gasteiger partial charge in [0.25, 0.3) is 5.91 Å². The van der Waals surface area contributed by atoms with Crippen molar-refractivity contribution in [3.8, 4) is 0 Å². The summed E-state index contributed by atoms with van der Waals surface area (Å²) < 4.78 is 0. The Balaban J connectivity index is 0.000000336. The van der Waals surface area contributed by atoms with E-state index in [4.69, 9.17) is 0 Å². The number of hydrogen-bond acceptors (Lipinski definition) is 2. The molecule has 0 aromatic carbocycles. The Morgan fingerprint density at radius 1 is 1.42 bits per heavy atom. The molecule has 2 aliphatic rings. The van der Waals surface area contributed by atoms with Crippen LogP contribution in [0.5, 0.6) is 0 Å². The van der Waals surface area contributed by atoms with Gasteiger partial charge in [0.2, 0.25) is 0 Å². The molecule has 3 nitrogen and oxygen atoms in total. The fourth-order valence-corrected chi connectivity index (χ4v) is 1.01. The molecule has 0 aromatic heterocycles. The van der Waals surface area contributed by atoms with Crippen molar-refractivity contribution in [3.05, 3.63) is 24.4 Å². The van der Waals surface area contributed by atoms with E-state index in [2.05, 4.69) is 4.99 Å². The molecular formula is C9H12N2O. The van der Waals surface area contributed by atoms with Crippen LogP contribution in [-0.2, 0) is 4.79 Å². The third-order valence-electron chi connectivity index (χ3n) is 1.46. The quantitative estimate of drug-likeness (QED) is 0.541. The summed E-state index contributed by atoms with van der Waals surface area (Å²) in [6.07, 6.45) is 7.43. The van der Waals surface area contributed by atoms with Crippen LogP contribution in [0.4, 0.5) is 0 Å². The lowest BCUT2D eigenvalue weighted by Gasteiger charge is -2.12. The van der Waals surface area contributed by atoms with Crippen molar-refractivity contribution in [1.82, 2.24) is 4.90 Å². The topological polar surface area (TPSA) is 32.7 Å². The number of aliphatic imine (C=N–C) groups is 1. The van der Waals surface area contributed by atoms with Gasteiger partial charge in [0.1, 0.15) is 12.4 Å². The summed E-state index contributed by atoms with van der Waals surface area (Å²) in [7, 11) is 0. The minimum Gasteiger partial charge on any atom is -0.323 e. The maximum absolute atomic E-state index is 10.7. The maximum atomic E-state index is 10.7. The van der Waals surface area contributed by atoms with Gasteiger partial charge in [-0.25, -0.2) is 0 Å². The largest absolute Gasteiger partial charge is 0.323 e. The maximum Gasteiger partial charge on any atom is 0.267 e. The van der Waals surface area contributed by atoms with E-state index in [-0.39, 0.29) is 5.91 Å². The van der Waals surface area contributed by atoms with Crippen molar-refractivity contribution in [3.63, 3.8) is 0 Å². The second-order valence-corrected chi connectivity index (χ2v) is 2.19. The van der Waals surface area contributed by atoms with Gasteiger partial charge in [-0.3, -0.25) is 4.79 Å².